The second kappa shape index (κ2) is 9.38. The monoisotopic (exact) mass is 459 g/mol. The average molecular weight is 460 g/mol. The summed E-state index contributed by atoms with van der Waals surface area (Å²) in [5.41, 5.74) is 4.87. The van der Waals surface area contributed by atoms with E-state index < -0.39 is 23.9 Å². The van der Waals surface area contributed by atoms with Crippen molar-refractivity contribution in [2.45, 2.75) is 46.1 Å². The molecule has 2 aliphatic rings. The van der Waals surface area contributed by atoms with E-state index in [1.165, 1.54) is 12.1 Å². The normalized spacial score (nSPS) is 24.4. The van der Waals surface area contributed by atoms with Crippen LogP contribution in [-0.4, -0.2) is 18.1 Å². The summed E-state index contributed by atoms with van der Waals surface area (Å²) in [7, 11) is 0. The summed E-state index contributed by atoms with van der Waals surface area (Å²) >= 11 is 0. The van der Waals surface area contributed by atoms with Crippen LogP contribution in [0.5, 0.6) is 5.75 Å². The summed E-state index contributed by atoms with van der Waals surface area (Å²) in [4.78, 5) is 13.5. The number of nitrogens with one attached hydrogen (secondary N) is 1. The van der Waals surface area contributed by atoms with E-state index in [2.05, 4.69) is 40.9 Å². The van der Waals surface area contributed by atoms with Gasteiger partial charge < -0.3 is 10.1 Å². The van der Waals surface area contributed by atoms with Gasteiger partial charge in [0.25, 0.3) is 0 Å². The van der Waals surface area contributed by atoms with Crippen LogP contribution in [0.4, 0.5) is 8.78 Å². The number of carbonyl (C=O) groups excluding carboxylic acids is 1. The number of halogens is 2. The first kappa shape index (κ1) is 23.6. The Kier molecular flexibility index (Phi) is 6.52. The van der Waals surface area contributed by atoms with Gasteiger partial charge in [-0.05, 0) is 60.7 Å². The van der Waals surface area contributed by atoms with Crippen molar-refractivity contribution in [2.75, 3.05) is 0 Å². The van der Waals surface area contributed by atoms with Gasteiger partial charge in [0.15, 0.2) is 0 Å². The number of benzene rings is 2. The topological polar surface area (TPSA) is 50.2 Å². The van der Waals surface area contributed by atoms with Crippen LogP contribution in [0.25, 0.3) is 5.57 Å². The predicted octanol–water partition coefficient (Wildman–Crippen LogP) is 6.79. The Morgan fingerprint density at radius 1 is 1.15 bits per heavy atom. The van der Waals surface area contributed by atoms with Gasteiger partial charge in [0, 0.05) is 16.7 Å². The Morgan fingerprint density at radius 2 is 1.88 bits per heavy atom. The first-order valence-electron chi connectivity index (χ1n) is 11.3. The Balaban J connectivity index is 1.65. The lowest BCUT2D eigenvalue weighted by atomic mass is 9.57. The van der Waals surface area contributed by atoms with Crippen LogP contribution < -0.4 is 4.74 Å². The quantitative estimate of drug-likeness (QED) is 0.501. The van der Waals surface area contributed by atoms with Crippen molar-refractivity contribution in [1.82, 2.24) is 0 Å². The van der Waals surface area contributed by atoms with Crippen molar-refractivity contribution in [3.8, 4) is 17.6 Å². The van der Waals surface area contributed by atoms with Gasteiger partial charge in [0.2, 0.25) is 0 Å². The lowest BCUT2D eigenvalue weighted by Crippen LogP contribution is -2.45. The molecule has 2 aromatic rings. The summed E-state index contributed by atoms with van der Waals surface area (Å²) in [6.07, 6.45) is 5.30. The van der Waals surface area contributed by atoms with Gasteiger partial charge >= 0.3 is 6.61 Å². The number of hydrogen-bond donors (Lipinski definition) is 1. The second-order valence-corrected chi connectivity index (χ2v) is 9.14. The highest BCUT2D eigenvalue weighted by atomic mass is 19.3. The molecule has 174 valence electrons. The largest absolute Gasteiger partial charge is 0.435 e. The van der Waals surface area contributed by atoms with Crippen LogP contribution in [0.2, 0.25) is 0 Å². The highest BCUT2D eigenvalue weighted by Gasteiger charge is 2.50. The SMILES string of the molecule is CC#Cc1cccc(C2=CC=C(C3(C)CC(=N)C(C)C(=O)C3c3ccc(OC(F)F)cc3)C2)c1. The van der Waals surface area contributed by atoms with Crippen molar-refractivity contribution < 1.29 is 18.3 Å². The zero-order valence-electron chi connectivity index (χ0n) is 19.5. The molecule has 1 saturated carbocycles. The molecule has 2 aromatic carbocycles. The van der Waals surface area contributed by atoms with E-state index in [1.54, 1.807) is 19.1 Å². The number of carbonyl (C=O) groups is 1. The second-order valence-electron chi connectivity index (χ2n) is 9.14. The molecule has 0 bridgehead atoms. The van der Waals surface area contributed by atoms with E-state index in [0.29, 0.717) is 18.6 Å². The molecule has 1 N–H and O–H groups in total. The minimum Gasteiger partial charge on any atom is -0.435 e. The van der Waals surface area contributed by atoms with Gasteiger partial charge in [-0.1, -0.05) is 61.8 Å². The molecule has 2 aliphatic carbocycles. The third kappa shape index (κ3) is 4.46. The predicted molar refractivity (Wildman–Crippen MR) is 130 cm³/mol. The first-order valence-corrected chi connectivity index (χ1v) is 11.3. The van der Waals surface area contributed by atoms with E-state index in [-0.39, 0.29) is 11.5 Å². The molecule has 0 saturated heterocycles. The smallest absolute Gasteiger partial charge is 0.387 e. The fourth-order valence-electron chi connectivity index (χ4n) is 5.12. The molecular weight excluding hydrogens is 432 g/mol. The fourth-order valence-corrected chi connectivity index (χ4v) is 5.12. The van der Waals surface area contributed by atoms with Crippen LogP contribution >= 0.6 is 0 Å². The lowest BCUT2D eigenvalue weighted by molar-refractivity contribution is -0.125. The van der Waals surface area contributed by atoms with Crippen LogP contribution in [0.1, 0.15) is 56.2 Å². The van der Waals surface area contributed by atoms with Gasteiger partial charge in [-0.15, -0.1) is 5.92 Å². The van der Waals surface area contributed by atoms with Crippen molar-refractivity contribution in [2.24, 2.45) is 11.3 Å². The molecule has 0 spiro atoms. The number of allylic oxidation sites excluding steroid dienone is 4. The molecule has 1 fully saturated rings. The number of Topliss-reactive ketones (excluding diaryl/α,β-unsaturated/α-hetero) is 1. The molecule has 0 heterocycles. The third-order valence-corrected chi connectivity index (χ3v) is 6.97. The van der Waals surface area contributed by atoms with Gasteiger partial charge in [-0.2, -0.15) is 8.78 Å². The molecule has 0 aromatic heterocycles. The summed E-state index contributed by atoms with van der Waals surface area (Å²) < 4.78 is 29.6. The molecule has 34 heavy (non-hydrogen) atoms. The molecule has 4 rings (SSSR count). The highest BCUT2D eigenvalue weighted by molar-refractivity contribution is 6.09. The van der Waals surface area contributed by atoms with Crippen LogP contribution in [0.3, 0.4) is 0 Å². The maximum atomic E-state index is 13.5. The van der Waals surface area contributed by atoms with Crippen molar-refractivity contribution in [3.05, 3.63) is 82.9 Å². The Bertz CT molecular complexity index is 1250. The van der Waals surface area contributed by atoms with Crippen molar-refractivity contribution >= 4 is 17.1 Å². The Labute approximate surface area is 199 Å². The lowest BCUT2D eigenvalue weighted by Gasteiger charge is -2.44. The number of rotatable bonds is 5. The van der Waals surface area contributed by atoms with E-state index in [9.17, 15) is 13.6 Å². The van der Waals surface area contributed by atoms with Crippen molar-refractivity contribution in [1.29, 1.82) is 5.41 Å². The number of alkyl halides is 2. The molecule has 5 heteroatoms. The molecule has 3 unspecified atom stereocenters. The van der Waals surface area contributed by atoms with E-state index in [1.807, 2.05) is 26.0 Å². The minimum absolute atomic E-state index is 0.0177. The zero-order chi connectivity index (χ0) is 24.5. The Morgan fingerprint density at radius 3 is 2.56 bits per heavy atom. The summed E-state index contributed by atoms with van der Waals surface area (Å²) in [6, 6.07) is 14.4. The Hall–Kier alpha value is -3.52. The number of hydrogen-bond acceptors (Lipinski definition) is 3. The summed E-state index contributed by atoms with van der Waals surface area (Å²) in [5, 5.41) is 8.51. The number of ketones is 1. The van der Waals surface area contributed by atoms with Crippen LogP contribution in [-0.2, 0) is 4.79 Å². The van der Waals surface area contributed by atoms with E-state index in [4.69, 9.17) is 5.41 Å². The van der Waals surface area contributed by atoms with Crippen LogP contribution in [0, 0.1) is 28.6 Å². The van der Waals surface area contributed by atoms with Gasteiger partial charge in [-0.25, -0.2) is 0 Å². The molecular formula is C29H27F2NO2. The summed E-state index contributed by atoms with van der Waals surface area (Å²) in [6.45, 7) is 2.73. The van der Waals surface area contributed by atoms with E-state index >= 15 is 0 Å². The van der Waals surface area contributed by atoms with Gasteiger partial charge in [0.1, 0.15) is 11.5 Å². The molecule has 0 amide bonds. The maximum absolute atomic E-state index is 13.5. The minimum atomic E-state index is -2.90. The highest BCUT2D eigenvalue weighted by Crippen LogP contribution is 2.53. The first-order chi connectivity index (χ1) is 16.2. The standard InChI is InChI=1S/C29H27F2NO2/c1-4-6-19-7-5-8-21(15-19)22-9-12-23(16-22)29(3)17-25(32)18(2)27(33)26(29)20-10-13-24(14-11-20)34-28(30)31/h5,7-15,18,26,28,32H,16-17H2,1-3H3. The fraction of sp³-hybridized carbons (Fsp3) is 0.310. The number of ether oxygens (including phenoxy) is 1. The third-order valence-electron chi connectivity index (χ3n) is 6.97. The van der Waals surface area contributed by atoms with Crippen molar-refractivity contribution in [3.63, 3.8) is 0 Å². The molecule has 0 radical (unpaired) electrons. The van der Waals surface area contributed by atoms with Crippen LogP contribution in [0.15, 0.2) is 66.3 Å². The zero-order valence-corrected chi connectivity index (χ0v) is 19.5. The molecule has 3 atom stereocenters. The molecule has 3 nitrogen and oxygen atoms in total. The molecule has 0 aliphatic heterocycles. The van der Waals surface area contributed by atoms with E-state index in [0.717, 1.165) is 27.8 Å². The average Bonchev–Trinajstić information content (AvgIpc) is 3.30. The summed E-state index contributed by atoms with van der Waals surface area (Å²) in [5.74, 6) is 5.10. The van der Waals surface area contributed by atoms with Gasteiger partial charge in [-0.3, -0.25) is 4.79 Å². The van der Waals surface area contributed by atoms with Gasteiger partial charge in [0.05, 0.1) is 11.8 Å². The maximum Gasteiger partial charge on any atom is 0.387 e.